The lowest BCUT2D eigenvalue weighted by molar-refractivity contribution is 0.119. The van der Waals surface area contributed by atoms with Gasteiger partial charge in [0.15, 0.2) is 0 Å². The molecule has 3 heteroatoms. The van der Waals surface area contributed by atoms with Crippen LogP contribution in [0.25, 0.3) is 0 Å². The summed E-state index contributed by atoms with van der Waals surface area (Å²) in [5.41, 5.74) is 0. The summed E-state index contributed by atoms with van der Waals surface area (Å²) in [4.78, 5) is 2.46. The minimum absolute atomic E-state index is 0.688. The van der Waals surface area contributed by atoms with Crippen LogP contribution in [-0.2, 0) is 4.74 Å². The van der Waals surface area contributed by atoms with Gasteiger partial charge in [-0.3, -0.25) is 0 Å². The maximum absolute atomic E-state index is 5.05. The highest BCUT2D eigenvalue weighted by Gasteiger charge is 2.27. The lowest BCUT2D eigenvalue weighted by atomic mass is 9.90. The van der Waals surface area contributed by atoms with Gasteiger partial charge in [0.05, 0.1) is 0 Å². The Bertz CT molecular complexity index is 175. The van der Waals surface area contributed by atoms with Crippen LogP contribution < -0.4 is 5.32 Å². The molecule has 1 N–H and O–H groups in total. The fourth-order valence-corrected chi connectivity index (χ4v) is 2.33. The molecule has 0 aromatic rings. The second-order valence-electron chi connectivity index (χ2n) is 4.91. The summed E-state index contributed by atoms with van der Waals surface area (Å²) in [7, 11) is 3.99. The predicted molar refractivity (Wildman–Crippen MR) is 64.2 cm³/mol. The minimum Gasteiger partial charge on any atom is -0.385 e. The van der Waals surface area contributed by atoms with Crippen molar-refractivity contribution in [2.45, 2.75) is 38.8 Å². The third kappa shape index (κ3) is 4.09. The van der Waals surface area contributed by atoms with E-state index in [1.54, 1.807) is 7.11 Å². The first kappa shape index (κ1) is 12.9. The van der Waals surface area contributed by atoms with Crippen molar-refractivity contribution in [3.8, 4) is 0 Å². The van der Waals surface area contributed by atoms with Crippen molar-refractivity contribution in [1.29, 1.82) is 0 Å². The molecule has 0 amide bonds. The third-order valence-corrected chi connectivity index (χ3v) is 3.54. The molecular formula is C12H26N2O. The van der Waals surface area contributed by atoms with Gasteiger partial charge in [-0.1, -0.05) is 6.92 Å². The maximum atomic E-state index is 5.05. The van der Waals surface area contributed by atoms with E-state index >= 15 is 0 Å². The van der Waals surface area contributed by atoms with Crippen molar-refractivity contribution in [3.05, 3.63) is 0 Å². The molecule has 0 spiro atoms. The first-order valence-corrected chi connectivity index (χ1v) is 6.07. The third-order valence-electron chi connectivity index (χ3n) is 3.54. The van der Waals surface area contributed by atoms with Gasteiger partial charge in [0.25, 0.3) is 0 Å². The molecule has 0 radical (unpaired) electrons. The van der Waals surface area contributed by atoms with Crippen LogP contribution in [0.15, 0.2) is 0 Å². The number of methoxy groups -OCH3 is 1. The fourth-order valence-electron chi connectivity index (χ4n) is 2.33. The van der Waals surface area contributed by atoms with Gasteiger partial charge in [0, 0.05) is 32.3 Å². The largest absolute Gasteiger partial charge is 0.385 e. The second-order valence-corrected chi connectivity index (χ2v) is 4.91. The smallest absolute Gasteiger partial charge is 0.0474 e. The quantitative estimate of drug-likeness (QED) is 0.699. The molecule has 1 aliphatic heterocycles. The number of nitrogens with one attached hydrogen (secondary N) is 1. The molecule has 1 heterocycles. The molecule has 1 fully saturated rings. The summed E-state index contributed by atoms with van der Waals surface area (Å²) in [6, 6.07) is 1.40. The van der Waals surface area contributed by atoms with Crippen molar-refractivity contribution in [1.82, 2.24) is 10.2 Å². The van der Waals surface area contributed by atoms with E-state index in [0.29, 0.717) is 12.1 Å². The molecule has 0 aliphatic carbocycles. The normalized spacial score (nSPS) is 33.2. The number of hydrogen-bond donors (Lipinski definition) is 1. The van der Waals surface area contributed by atoms with Crippen LogP contribution in [0.5, 0.6) is 0 Å². The summed E-state index contributed by atoms with van der Waals surface area (Å²) in [6.45, 7) is 7.82. The maximum Gasteiger partial charge on any atom is 0.0474 e. The molecule has 15 heavy (non-hydrogen) atoms. The molecule has 0 aromatic heterocycles. The Kier molecular flexibility index (Phi) is 5.58. The molecule has 1 saturated heterocycles. The molecule has 0 unspecified atom stereocenters. The summed E-state index contributed by atoms with van der Waals surface area (Å²) < 4.78 is 5.05. The van der Waals surface area contributed by atoms with Gasteiger partial charge in [-0.25, -0.2) is 0 Å². The number of likely N-dealkylation sites (tertiary alicyclic amines) is 1. The van der Waals surface area contributed by atoms with Gasteiger partial charge in [-0.05, 0) is 39.3 Å². The van der Waals surface area contributed by atoms with Gasteiger partial charge in [-0.2, -0.15) is 0 Å². The SMILES string of the molecule is COCCCN[C@H]1C[C@@H](C)N(C)C[C@H]1C. The van der Waals surface area contributed by atoms with Crippen molar-refractivity contribution >= 4 is 0 Å². The Morgan fingerprint density at radius 2 is 2.13 bits per heavy atom. The van der Waals surface area contributed by atoms with Crippen LogP contribution in [0.2, 0.25) is 0 Å². The minimum atomic E-state index is 0.688. The monoisotopic (exact) mass is 214 g/mol. The summed E-state index contributed by atoms with van der Waals surface area (Å²) in [5.74, 6) is 0.758. The van der Waals surface area contributed by atoms with E-state index in [1.165, 1.54) is 13.0 Å². The Morgan fingerprint density at radius 1 is 1.40 bits per heavy atom. The Labute approximate surface area is 94.2 Å². The van der Waals surface area contributed by atoms with Crippen molar-refractivity contribution in [2.24, 2.45) is 5.92 Å². The van der Waals surface area contributed by atoms with E-state index in [2.05, 4.69) is 31.1 Å². The number of hydrogen-bond acceptors (Lipinski definition) is 3. The second kappa shape index (κ2) is 6.46. The van der Waals surface area contributed by atoms with Gasteiger partial charge in [0.2, 0.25) is 0 Å². The molecule has 3 nitrogen and oxygen atoms in total. The van der Waals surface area contributed by atoms with Crippen LogP contribution in [0, 0.1) is 5.92 Å². The molecule has 90 valence electrons. The molecule has 0 aromatic carbocycles. The van der Waals surface area contributed by atoms with Crippen LogP contribution in [0.4, 0.5) is 0 Å². The predicted octanol–water partition coefficient (Wildman–Crippen LogP) is 1.34. The van der Waals surface area contributed by atoms with E-state index in [1.807, 2.05) is 0 Å². The van der Waals surface area contributed by atoms with E-state index in [0.717, 1.165) is 25.5 Å². The first-order valence-electron chi connectivity index (χ1n) is 6.07. The highest BCUT2D eigenvalue weighted by Crippen LogP contribution is 2.20. The Hall–Kier alpha value is -0.120. The van der Waals surface area contributed by atoms with E-state index in [4.69, 9.17) is 4.74 Å². The van der Waals surface area contributed by atoms with E-state index in [-0.39, 0.29) is 0 Å². The zero-order chi connectivity index (χ0) is 11.3. The number of nitrogens with zero attached hydrogens (tertiary/aromatic N) is 1. The topological polar surface area (TPSA) is 24.5 Å². The van der Waals surface area contributed by atoms with Crippen molar-refractivity contribution < 1.29 is 4.74 Å². The number of piperidine rings is 1. The van der Waals surface area contributed by atoms with Crippen LogP contribution in [-0.4, -0.2) is 50.8 Å². The molecule has 0 bridgehead atoms. The first-order chi connectivity index (χ1) is 7.15. The molecule has 1 aliphatic rings. The summed E-state index contributed by atoms with van der Waals surface area (Å²) >= 11 is 0. The van der Waals surface area contributed by atoms with Gasteiger partial charge in [0.1, 0.15) is 0 Å². The molecule has 0 saturated carbocycles. The zero-order valence-corrected chi connectivity index (χ0v) is 10.6. The van der Waals surface area contributed by atoms with Crippen molar-refractivity contribution in [2.75, 3.05) is 33.9 Å². The van der Waals surface area contributed by atoms with Crippen molar-refractivity contribution in [3.63, 3.8) is 0 Å². The van der Waals surface area contributed by atoms with Crippen LogP contribution in [0.1, 0.15) is 26.7 Å². The fraction of sp³-hybridized carbons (Fsp3) is 1.00. The van der Waals surface area contributed by atoms with Gasteiger partial charge >= 0.3 is 0 Å². The van der Waals surface area contributed by atoms with Crippen LogP contribution in [0.3, 0.4) is 0 Å². The average Bonchev–Trinajstić information content (AvgIpc) is 2.20. The van der Waals surface area contributed by atoms with E-state index < -0.39 is 0 Å². The van der Waals surface area contributed by atoms with Crippen LogP contribution >= 0.6 is 0 Å². The van der Waals surface area contributed by atoms with E-state index in [9.17, 15) is 0 Å². The summed E-state index contributed by atoms with van der Waals surface area (Å²) in [5, 5.41) is 3.65. The Morgan fingerprint density at radius 3 is 2.80 bits per heavy atom. The number of rotatable bonds is 5. The zero-order valence-electron chi connectivity index (χ0n) is 10.6. The standard InChI is InChI=1S/C12H26N2O/c1-10-9-14(3)11(2)8-12(10)13-6-5-7-15-4/h10-13H,5-9H2,1-4H3/t10-,11-,12+/m1/s1. The molecule has 1 rings (SSSR count). The lowest BCUT2D eigenvalue weighted by Gasteiger charge is -2.40. The van der Waals surface area contributed by atoms with Gasteiger partial charge < -0.3 is 15.0 Å². The lowest BCUT2D eigenvalue weighted by Crippen LogP contribution is -2.51. The molecule has 3 atom stereocenters. The molecular weight excluding hydrogens is 188 g/mol. The van der Waals surface area contributed by atoms with Gasteiger partial charge in [-0.15, -0.1) is 0 Å². The summed E-state index contributed by atoms with van der Waals surface area (Å²) in [6.07, 6.45) is 2.38. The highest BCUT2D eigenvalue weighted by molar-refractivity contribution is 4.85. The number of ether oxygens (including phenoxy) is 1. The Balaban J connectivity index is 2.22. The highest BCUT2D eigenvalue weighted by atomic mass is 16.5. The average molecular weight is 214 g/mol.